The molecule has 2 aromatic heterocycles. The first kappa shape index (κ1) is 21.3. The molecule has 0 spiro atoms. The molecule has 31 heavy (non-hydrogen) atoms. The van der Waals surface area contributed by atoms with E-state index in [9.17, 15) is 23.3 Å². The minimum absolute atomic E-state index is 0.00567. The molecule has 0 saturated heterocycles. The van der Waals surface area contributed by atoms with E-state index in [1.54, 1.807) is 18.2 Å². The fourth-order valence-corrected chi connectivity index (χ4v) is 5.78. The van der Waals surface area contributed by atoms with Gasteiger partial charge in [-0.25, -0.2) is 13.6 Å². The van der Waals surface area contributed by atoms with E-state index in [4.69, 9.17) is 5.14 Å². The number of aryl methyl sites for hydroxylation is 1. The number of nitrogens with two attached hydrogens (primary N) is 1. The van der Waals surface area contributed by atoms with E-state index in [0.717, 1.165) is 16.6 Å². The highest BCUT2D eigenvalue weighted by molar-refractivity contribution is 7.89. The molecule has 1 amide bonds. The molecular weight excluding hydrogens is 460 g/mol. The molecule has 160 valence electrons. The number of aromatic nitrogens is 1. The Bertz CT molecular complexity index is 1530. The van der Waals surface area contributed by atoms with Crippen LogP contribution in [0, 0.1) is 10.1 Å². The monoisotopic (exact) mass is 476 g/mol. The SMILES string of the molecule is CCCn1c(=NC(=O)c2cc3cc([N+](=O)[O-])ccc3s2)sc2cc(S(N)(=O)=O)ccc21. The van der Waals surface area contributed by atoms with Gasteiger partial charge in [-0.05, 0) is 36.8 Å². The number of carbonyl (C=O) groups excluding carboxylic acids is 1. The van der Waals surface area contributed by atoms with Crippen molar-refractivity contribution in [3.8, 4) is 0 Å². The van der Waals surface area contributed by atoms with Crippen molar-refractivity contribution in [2.24, 2.45) is 10.1 Å². The van der Waals surface area contributed by atoms with Crippen LogP contribution in [-0.2, 0) is 16.6 Å². The molecule has 0 aliphatic rings. The van der Waals surface area contributed by atoms with Crippen LogP contribution in [0.4, 0.5) is 5.69 Å². The van der Waals surface area contributed by atoms with Gasteiger partial charge in [0.25, 0.3) is 11.6 Å². The molecule has 9 nitrogen and oxygen atoms in total. The smallest absolute Gasteiger partial charge is 0.289 e. The normalized spacial score (nSPS) is 12.6. The average molecular weight is 477 g/mol. The first-order valence-electron chi connectivity index (χ1n) is 9.10. The zero-order valence-electron chi connectivity index (χ0n) is 16.1. The number of hydrogen-bond acceptors (Lipinski definition) is 7. The maximum absolute atomic E-state index is 12.8. The molecule has 0 fully saturated rings. The van der Waals surface area contributed by atoms with Gasteiger partial charge < -0.3 is 4.57 Å². The van der Waals surface area contributed by atoms with Crippen molar-refractivity contribution in [1.82, 2.24) is 4.57 Å². The molecule has 2 heterocycles. The van der Waals surface area contributed by atoms with Crippen LogP contribution in [0.3, 0.4) is 0 Å². The van der Waals surface area contributed by atoms with Crippen LogP contribution < -0.4 is 9.94 Å². The van der Waals surface area contributed by atoms with Crippen molar-refractivity contribution in [3.63, 3.8) is 0 Å². The van der Waals surface area contributed by atoms with Crippen molar-refractivity contribution in [2.45, 2.75) is 24.8 Å². The van der Waals surface area contributed by atoms with Crippen molar-refractivity contribution in [1.29, 1.82) is 0 Å². The number of hydrogen-bond donors (Lipinski definition) is 1. The number of nitro groups is 1. The molecule has 12 heteroatoms. The zero-order valence-corrected chi connectivity index (χ0v) is 18.6. The molecular formula is C19H16N4O5S3. The van der Waals surface area contributed by atoms with Crippen LogP contribution in [0.1, 0.15) is 23.0 Å². The molecule has 2 aromatic carbocycles. The second kappa shape index (κ2) is 7.96. The second-order valence-electron chi connectivity index (χ2n) is 6.72. The van der Waals surface area contributed by atoms with E-state index < -0.39 is 20.9 Å². The molecule has 0 unspecified atom stereocenters. The van der Waals surface area contributed by atoms with Gasteiger partial charge in [-0.2, -0.15) is 4.99 Å². The topological polar surface area (TPSA) is 138 Å². The van der Waals surface area contributed by atoms with Gasteiger partial charge in [-0.15, -0.1) is 11.3 Å². The van der Waals surface area contributed by atoms with Crippen molar-refractivity contribution in [3.05, 3.63) is 62.3 Å². The van der Waals surface area contributed by atoms with Crippen LogP contribution in [0.15, 0.2) is 52.4 Å². The first-order valence-corrected chi connectivity index (χ1v) is 12.3. The van der Waals surface area contributed by atoms with E-state index in [1.165, 1.54) is 46.9 Å². The highest BCUT2D eigenvalue weighted by Crippen LogP contribution is 2.29. The summed E-state index contributed by atoms with van der Waals surface area (Å²) in [6.07, 6.45) is 0.788. The number of carbonyl (C=O) groups is 1. The summed E-state index contributed by atoms with van der Waals surface area (Å²) in [5.74, 6) is -0.466. The summed E-state index contributed by atoms with van der Waals surface area (Å²) in [4.78, 5) is 28.4. The Hall–Kier alpha value is -2.93. The number of thiophene rings is 1. The van der Waals surface area contributed by atoms with E-state index >= 15 is 0 Å². The first-order chi connectivity index (χ1) is 14.7. The van der Waals surface area contributed by atoms with Crippen LogP contribution >= 0.6 is 22.7 Å². The number of thiazole rings is 1. The Balaban J connectivity index is 1.82. The number of fused-ring (bicyclic) bond motifs is 2. The summed E-state index contributed by atoms with van der Waals surface area (Å²) in [5.41, 5.74) is 0.718. The lowest BCUT2D eigenvalue weighted by atomic mass is 10.2. The highest BCUT2D eigenvalue weighted by Gasteiger charge is 2.15. The molecule has 0 aliphatic carbocycles. The fraction of sp³-hybridized carbons (Fsp3) is 0.158. The molecule has 4 aromatic rings. The molecule has 0 saturated carbocycles. The number of benzene rings is 2. The predicted octanol–water partition coefficient (Wildman–Crippen LogP) is 3.62. The lowest BCUT2D eigenvalue weighted by Crippen LogP contribution is -2.16. The third-order valence-corrected chi connectivity index (χ3v) is 7.60. The summed E-state index contributed by atoms with van der Waals surface area (Å²) in [6, 6.07) is 10.6. The Morgan fingerprint density at radius 2 is 1.94 bits per heavy atom. The van der Waals surface area contributed by atoms with E-state index in [1.807, 2.05) is 11.5 Å². The summed E-state index contributed by atoms with van der Waals surface area (Å²) in [6.45, 7) is 2.58. The van der Waals surface area contributed by atoms with Crippen LogP contribution in [0.2, 0.25) is 0 Å². The summed E-state index contributed by atoms with van der Waals surface area (Å²) in [5, 5.41) is 16.8. The molecule has 0 bridgehead atoms. The van der Waals surface area contributed by atoms with Gasteiger partial charge in [0, 0.05) is 28.8 Å². The van der Waals surface area contributed by atoms with Gasteiger partial charge in [0.15, 0.2) is 4.80 Å². The Morgan fingerprint density at radius 3 is 2.61 bits per heavy atom. The van der Waals surface area contributed by atoms with Gasteiger partial charge in [-0.1, -0.05) is 18.3 Å². The lowest BCUT2D eigenvalue weighted by molar-refractivity contribution is -0.384. The van der Waals surface area contributed by atoms with Crippen LogP contribution in [0.25, 0.3) is 20.3 Å². The minimum atomic E-state index is -3.85. The third-order valence-electron chi connectivity index (χ3n) is 4.55. The summed E-state index contributed by atoms with van der Waals surface area (Å²) in [7, 11) is -3.85. The number of sulfonamides is 1. The lowest BCUT2D eigenvalue weighted by Gasteiger charge is -2.03. The molecule has 0 atom stereocenters. The number of nitrogens with zero attached hydrogens (tertiary/aromatic N) is 3. The van der Waals surface area contributed by atoms with Crippen LogP contribution in [0.5, 0.6) is 0 Å². The van der Waals surface area contributed by atoms with E-state index in [0.29, 0.717) is 26.3 Å². The minimum Gasteiger partial charge on any atom is -0.316 e. The van der Waals surface area contributed by atoms with Gasteiger partial charge >= 0.3 is 0 Å². The molecule has 2 N–H and O–H groups in total. The maximum Gasteiger partial charge on any atom is 0.289 e. The average Bonchev–Trinajstić information content (AvgIpc) is 3.28. The quantitative estimate of drug-likeness (QED) is 0.346. The predicted molar refractivity (Wildman–Crippen MR) is 120 cm³/mol. The Morgan fingerprint density at radius 1 is 1.16 bits per heavy atom. The fourth-order valence-electron chi connectivity index (χ4n) is 3.15. The summed E-state index contributed by atoms with van der Waals surface area (Å²) < 4.78 is 26.6. The maximum atomic E-state index is 12.8. The number of rotatable bonds is 5. The highest BCUT2D eigenvalue weighted by atomic mass is 32.2. The molecule has 0 aliphatic heterocycles. The zero-order chi connectivity index (χ0) is 22.3. The van der Waals surface area contributed by atoms with Gasteiger partial charge in [0.1, 0.15) is 0 Å². The molecule has 4 rings (SSSR count). The number of nitro benzene ring substituents is 1. The van der Waals surface area contributed by atoms with Gasteiger partial charge in [-0.3, -0.25) is 14.9 Å². The largest absolute Gasteiger partial charge is 0.316 e. The number of primary sulfonamides is 1. The Labute approximate surface area is 184 Å². The van der Waals surface area contributed by atoms with Crippen molar-refractivity contribution < 1.29 is 18.1 Å². The van der Waals surface area contributed by atoms with E-state index in [-0.39, 0.29) is 10.6 Å². The standard InChI is InChI=1S/C19H16N4O5S3/c1-2-7-22-14-5-4-13(31(20,27)28)10-16(14)30-19(22)21-18(24)17-9-11-8-12(23(25)26)3-6-15(11)29-17/h3-6,8-10H,2,7H2,1H3,(H2,20,27,28). The van der Waals surface area contributed by atoms with E-state index in [2.05, 4.69) is 4.99 Å². The Kier molecular flexibility index (Phi) is 5.47. The van der Waals surface area contributed by atoms with Gasteiger partial charge in [0.2, 0.25) is 10.0 Å². The summed E-state index contributed by atoms with van der Waals surface area (Å²) >= 11 is 2.41. The molecule has 0 radical (unpaired) electrons. The van der Waals surface area contributed by atoms with Crippen molar-refractivity contribution in [2.75, 3.05) is 0 Å². The van der Waals surface area contributed by atoms with Crippen LogP contribution in [-0.4, -0.2) is 23.8 Å². The number of non-ortho nitro benzene ring substituents is 1. The second-order valence-corrected chi connectivity index (χ2v) is 10.4. The van der Waals surface area contributed by atoms with Crippen molar-refractivity contribution >= 4 is 64.6 Å². The number of amides is 1. The van der Waals surface area contributed by atoms with Gasteiger partial charge in [0.05, 0.1) is 24.9 Å². The third kappa shape index (κ3) is 4.14.